The van der Waals surface area contributed by atoms with E-state index >= 15 is 0 Å². The van der Waals surface area contributed by atoms with Gasteiger partial charge in [0.1, 0.15) is 12.4 Å². The molecular weight excluding hydrogens is 420 g/mol. The predicted molar refractivity (Wildman–Crippen MR) is 100 cm³/mol. The zero-order valence-electron chi connectivity index (χ0n) is 16.5. The number of hydrogen-bond donors (Lipinski definition) is 0. The van der Waals surface area contributed by atoms with Crippen molar-refractivity contribution in [2.45, 2.75) is 26.1 Å². The summed E-state index contributed by atoms with van der Waals surface area (Å²) < 4.78 is 57.1. The number of pyridine rings is 2. The van der Waals surface area contributed by atoms with Gasteiger partial charge in [-0.25, -0.2) is 14.4 Å². The number of amides is 1. The summed E-state index contributed by atoms with van der Waals surface area (Å²) in [7, 11) is 0. The summed E-state index contributed by atoms with van der Waals surface area (Å²) in [4.78, 5) is 23.2. The highest BCUT2D eigenvalue weighted by Gasteiger charge is 2.31. The lowest BCUT2D eigenvalue weighted by Crippen LogP contribution is -2.42. The Balaban J connectivity index is 1.74. The number of carbonyl (C=O) groups is 1. The molecule has 1 amide bonds. The topological polar surface area (TPSA) is 86.0 Å². The minimum Gasteiger partial charge on any atom is -0.475 e. The van der Waals surface area contributed by atoms with Gasteiger partial charge in [0.15, 0.2) is 5.82 Å². The monoisotopic (exact) mass is 438 g/mol. The lowest BCUT2D eigenvalue weighted by molar-refractivity contribution is -0.137. The lowest BCUT2D eigenvalue weighted by atomic mass is 10.2. The summed E-state index contributed by atoms with van der Waals surface area (Å²) in [5.41, 5.74) is -0.936. The van der Waals surface area contributed by atoms with Gasteiger partial charge in [0.25, 0.3) is 5.91 Å². The van der Waals surface area contributed by atoms with Crippen LogP contribution in [0.4, 0.5) is 17.6 Å². The average Bonchev–Trinajstić information content (AvgIpc) is 3.27. The molecule has 0 aliphatic carbocycles. The molecule has 8 nitrogen and oxygen atoms in total. The van der Waals surface area contributed by atoms with Gasteiger partial charge < -0.3 is 9.64 Å². The molecule has 0 aromatic carbocycles. The van der Waals surface area contributed by atoms with Gasteiger partial charge >= 0.3 is 6.18 Å². The third-order valence-electron chi connectivity index (χ3n) is 4.34. The maximum Gasteiger partial charge on any atom is 0.417 e. The molecule has 3 heterocycles. The van der Waals surface area contributed by atoms with E-state index in [-0.39, 0.29) is 30.4 Å². The Morgan fingerprint density at radius 2 is 1.90 bits per heavy atom. The summed E-state index contributed by atoms with van der Waals surface area (Å²) >= 11 is 0. The van der Waals surface area contributed by atoms with Crippen LogP contribution < -0.4 is 4.74 Å². The van der Waals surface area contributed by atoms with Crippen LogP contribution in [0.15, 0.2) is 43.0 Å². The first-order valence-electron chi connectivity index (χ1n) is 9.20. The zero-order valence-corrected chi connectivity index (χ0v) is 16.5. The van der Waals surface area contributed by atoms with Crippen molar-refractivity contribution in [3.63, 3.8) is 0 Å². The van der Waals surface area contributed by atoms with Crippen molar-refractivity contribution >= 4 is 5.91 Å². The van der Waals surface area contributed by atoms with Crippen LogP contribution in [0.3, 0.4) is 0 Å². The van der Waals surface area contributed by atoms with Crippen molar-refractivity contribution in [1.29, 1.82) is 0 Å². The Morgan fingerprint density at radius 3 is 2.48 bits per heavy atom. The highest BCUT2D eigenvalue weighted by molar-refractivity contribution is 5.97. The van der Waals surface area contributed by atoms with E-state index in [4.69, 9.17) is 4.74 Å². The van der Waals surface area contributed by atoms with Gasteiger partial charge in [-0.3, -0.25) is 4.79 Å². The van der Waals surface area contributed by atoms with Crippen LogP contribution in [0.5, 0.6) is 5.88 Å². The van der Waals surface area contributed by atoms with Gasteiger partial charge in [0.05, 0.1) is 35.8 Å². The first-order valence-corrected chi connectivity index (χ1v) is 9.20. The SMILES string of the molecule is CCN(C(=O)c1cc(F)cnc1-n1nccn1)[C@@H](C)COc1ccc(C(F)(F)F)cn1. The maximum atomic E-state index is 13.8. The maximum absolute atomic E-state index is 13.8. The number of ether oxygens (including phenoxy) is 1. The number of alkyl halides is 3. The standard InChI is InChI=1S/C19H18F4N6O2/c1-3-28(12(2)11-31-16-5-4-13(9-24-16)19(21,22)23)18(30)15-8-14(20)10-25-17(15)29-26-6-7-27-29/h4-10,12H,3,11H2,1-2H3/t12-/m0/s1. The van der Waals surface area contributed by atoms with Crippen LogP contribution in [-0.2, 0) is 6.18 Å². The molecule has 0 saturated carbocycles. The minimum absolute atomic E-state index is 0.0165. The summed E-state index contributed by atoms with van der Waals surface area (Å²) in [6, 6.07) is 2.49. The van der Waals surface area contributed by atoms with Crippen molar-refractivity contribution in [3.05, 3.63) is 59.9 Å². The van der Waals surface area contributed by atoms with Gasteiger partial charge in [-0.15, -0.1) is 4.80 Å². The van der Waals surface area contributed by atoms with Gasteiger partial charge in [0.2, 0.25) is 5.88 Å². The van der Waals surface area contributed by atoms with Gasteiger partial charge in [-0.1, -0.05) is 0 Å². The summed E-state index contributed by atoms with van der Waals surface area (Å²) in [6.45, 7) is 3.62. The van der Waals surface area contributed by atoms with E-state index in [9.17, 15) is 22.4 Å². The van der Waals surface area contributed by atoms with Crippen LogP contribution in [0.25, 0.3) is 5.82 Å². The Kier molecular flexibility index (Phi) is 6.47. The molecule has 0 aliphatic rings. The van der Waals surface area contributed by atoms with Crippen LogP contribution in [0.1, 0.15) is 29.8 Å². The Morgan fingerprint density at radius 1 is 1.19 bits per heavy atom. The number of rotatable bonds is 7. The second-order valence-corrected chi connectivity index (χ2v) is 6.48. The Hall–Kier alpha value is -3.57. The Labute approximate surface area is 174 Å². The van der Waals surface area contributed by atoms with Crippen molar-refractivity contribution in [1.82, 2.24) is 29.9 Å². The van der Waals surface area contributed by atoms with Crippen LogP contribution in [0.2, 0.25) is 0 Å². The second-order valence-electron chi connectivity index (χ2n) is 6.48. The van der Waals surface area contributed by atoms with Crippen molar-refractivity contribution in [2.75, 3.05) is 13.2 Å². The molecule has 164 valence electrons. The molecule has 0 N–H and O–H groups in total. The smallest absolute Gasteiger partial charge is 0.417 e. The predicted octanol–water partition coefficient (Wildman–Crippen LogP) is 3.14. The van der Waals surface area contributed by atoms with Crippen molar-refractivity contribution in [2.24, 2.45) is 0 Å². The number of halogens is 4. The molecule has 0 fully saturated rings. The second kappa shape index (κ2) is 9.06. The molecular formula is C19H18F4N6O2. The van der Waals surface area contributed by atoms with Crippen LogP contribution in [-0.4, -0.2) is 55.0 Å². The number of likely N-dealkylation sites (N-methyl/N-ethyl adjacent to an activating group) is 1. The molecule has 0 radical (unpaired) electrons. The fraction of sp³-hybridized carbons (Fsp3) is 0.316. The molecule has 0 unspecified atom stereocenters. The van der Waals surface area contributed by atoms with Crippen LogP contribution >= 0.6 is 0 Å². The Bertz CT molecular complexity index is 1020. The van der Waals surface area contributed by atoms with Gasteiger partial charge in [-0.05, 0) is 26.0 Å². The first kappa shape index (κ1) is 22.1. The van der Waals surface area contributed by atoms with E-state index in [1.165, 1.54) is 17.3 Å². The average molecular weight is 438 g/mol. The fourth-order valence-corrected chi connectivity index (χ4v) is 2.81. The summed E-state index contributed by atoms with van der Waals surface area (Å²) in [5, 5.41) is 7.85. The summed E-state index contributed by atoms with van der Waals surface area (Å²) in [6.07, 6.45) is -0.0850. The molecule has 1 atom stereocenters. The molecule has 0 saturated heterocycles. The van der Waals surface area contributed by atoms with Gasteiger partial charge in [-0.2, -0.15) is 23.4 Å². The number of hydrogen-bond acceptors (Lipinski definition) is 6. The first-order chi connectivity index (χ1) is 14.7. The zero-order chi connectivity index (χ0) is 22.6. The molecule has 0 spiro atoms. The highest BCUT2D eigenvalue weighted by Crippen LogP contribution is 2.29. The fourth-order valence-electron chi connectivity index (χ4n) is 2.81. The van der Waals surface area contributed by atoms with E-state index in [0.29, 0.717) is 6.20 Å². The normalized spacial score (nSPS) is 12.5. The third-order valence-corrected chi connectivity index (χ3v) is 4.34. The van der Waals surface area contributed by atoms with E-state index in [2.05, 4.69) is 20.2 Å². The molecule has 3 rings (SSSR count). The molecule has 0 bridgehead atoms. The molecule has 31 heavy (non-hydrogen) atoms. The third kappa shape index (κ3) is 5.13. The van der Waals surface area contributed by atoms with E-state index in [1.807, 2.05) is 0 Å². The van der Waals surface area contributed by atoms with Gasteiger partial charge in [0, 0.05) is 18.8 Å². The highest BCUT2D eigenvalue weighted by atomic mass is 19.4. The summed E-state index contributed by atoms with van der Waals surface area (Å²) in [5.74, 6) is -1.18. The van der Waals surface area contributed by atoms with E-state index in [0.717, 1.165) is 29.2 Å². The quantitative estimate of drug-likeness (QED) is 0.527. The van der Waals surface area contributed by atoms with Crippen molar-refractivity contribution in [3.8, 4) is 11.7 Å². The minimum atomic E-state index is -4.50. The van der Waals surface area contributed by atoms with Crippen molar-refractivity contribution < 1.29 is 27.1 Å². The van der Waals surface area contributed by atoms with E-state index < -0.39 is 29.5 Å². The number of carbonyl (C=O) groups excluding carboxylic acids is 1. The largest absolute Gasteiger partial charge is 0.475 e. The number of aromatic nitrogens is 5. The van der Waals surface area contributed by atoms with E-state index in [1.54, 1.807) is 13.8 Å². The molecule has 3 aromatic rings. The molecule has 0 aliphatic heterocycles. The number of nitrogens with zero attached hydrogens (tertiary/aromatic N) is 6. The lowest BCUT2D eigenvalue weighted by Gasteiger charge is -2.28. The molecule has 3 aromatic heterocycles. The molecule has 12 heteroatoms. The van der Waals surface area contributed by atoms with Crippen LogP contribution in [0, 0.1) is 5.82 Å².